The Kier molecular flexibility index (Phi) is 8.10. The van der Waals surface area contributed by atoms with E-state index >= 15 is 4.79 Å². The number of nitrogens with one attached hydrogen (secondary N) is 1. The highest BCUT2D eigenvalue weighted by Crippen LogP contribution is 2.66. The average molecular weight is 718 g/mol. The van der Waals surface area contributed by atoms with Crippen molar-refractivity contribution in [3.05, 3.63) is 124 Å². The fourth-order valence-electron chi connectivity index (χ4n) is 9.07. The van der Waals surface area contributed by atoms with E-state index in [2.05, 4.69) is 5.43 Å². The van der Waals surface area contributed by atoms with Gasteiger partial charge in [-0.25, -0.2) is 0 Å². The molecular weight excluding hydrogens is 682 g/mol. The number of allylic oxidation sites excluding steroid dienone is 2. The van der Waals surface area contributed by atoms with Crippen LogP contribution in [0, 0.1) is 30.6 Å². The predicted octanol–water partition coefficient (Wildman–Crippen LogP) is 6.56. The zero-order valence-electron chi connectivity index (χ0n) is 28.7. The van der Waals surface area contributed by atoms with E-state index in [0.29, 0.717) is 33.3 Å². The van der Waals surface area contributed by atoms with Gasteiger partial charge >= 0.3 is 0 Å². The predicted molar refractivity (Wildman–Crippen MR) is 194 cm³/mol. The van der Waals surface area contributed by atoms with Gasteiger partial charge in [-0.15, -0.1) is 0 Å². The third kappa shape index (κ3) is 4.84. The molecule has 4 aromatic carbocycles. The summed E-state index contributed by atoms with van der Waals surface area (Å²) in [4.78, 5) is 60.0. The minimum atomic E-state index is -1.58. The van der Waals surface area contributed by atoms with Crippen LogP contribution >= 0.6 is 11.6 Å². The lowest BCUT2D eigenvalue weighted by Gasteiger charge is -2.50. The number of hydrogen-bond donors (Lipinski definition) is 2. The number of amides is 4. The van der Waals surface area contributed by atoms with Crippen molar-refractivity contribution in [1.82, 2.24) is 5.01 Å². The van der Waals surface area contributed by atoms with Crippen LogP contribution in [-0.2, 0) is 24.6 Å². The molecule has 2 aliphatic carbocycles. The lowest BCUT2D eigenvalue weighted by atomic mass is 9.49. The summed E-state index contributed by atoms with van der Waals surface area (Å²) in [6.45, 7) is 1.94. The molecule has 6 atom stereocenters. The van der Waals surface area contributed by atoms with Gasteiger partial charge in [-0.2, -0.15) is 5.01 Å². The number of imide groups is 2. The quantitative estimate of drug-likeness (QED) is 0.163. The van der Waals surface area contributed by atoms with Crippen molar-refractivity contribution in [3.63, 3.8) is 0 Å². The van der Waals surface area contributed by atoms with Crippen LogP contribution in [0.2, 0.25) is 5.02 Å². The molecule has 0 radical (unpaired) electrons. The molecule has 11 heteroatoms. The standard InChI is InChI=1S/C41H36ClN3O7/c1-22-9-13-25(14-10-22)43-45-38(48)31-21-30-28(17-18-29-34(30)39(49)44(37(29)47)26-15-11-24(42)12-16-26)36(35-32(46)19-27(51-2)20-33(35)52-3)41(31,40(45)50)23-7-5-4-6-8-23/h4-17,19-20,29-31,34,36,43,46H,18,21H2,1-3H3. The summed E-state index contributed by atoms with van der Waals surface area (Å²) < 4.78 is 11.4. The van der Waals surface area contributed by atoms with Crippen molar-refractivity contribution < 1.29 is 33.8 Å². The summed E-state index contributed by atoms with van der Waals surface area (Å²) in [7, 11) is 2.94. The smallest absolute Gasteiger partial charge is 0.260 e. The normalized spacial score (nSPS) is 26.5. The van der Waals surface area contributed by atoms with E-state index < -0.39 is 46.8 Å². The molecule has 264 valence electrons. The van der Waals surface area contributed by atoms with Gasteiger partial charge in [0.05, 0.1) is 48.8 Å². The minimum Gasteiger partial charge on any atom is -0.507 e. The second-order valence-corrected chi connectivity index (χ2v) is 14.3. The molecule has 2 saturated heterocycles. The molecule has 4 aliphatic rings. The molecule has 3 fully saturated rings. The number of ether oxygens (including phenoxy) is 2. The second-order valence-electron chi connectivity index (χ2n) is 13.8. The van der Waals surface area contributed by atoms with Crippen LogP contribution in [0.15, 0.2) is 103 Å². The summed E-state index contributed by atoms with van der Waals surface area (Å²) >= 11 is 6.14. The van der Waals surface area contributed by atoms with Gasteiger partial charge in [0.25, 0.3) is 11.8 Å². The van der Waals surface area contributed by atoms with Crippen LogP contribution in [0.5, 0.6) is 17.2 Å². The van der Waals surface area contributed by atoms with E-state index in [4.69, 9.17) is 21.1 Å². The van der Waals surface area contributed by atoms with Gasteiger partial charge in [0.2, 0.25) is 11.8 Å². The number of fused-ring (bicyclic) bond motifs is 4. The first-order valence-electron chi connectivity index (χ1n) is 17.2. The number of halogens is 1. The van der Waals surface area contributed by atoms with Crippen LogP contribution < -0.4 is 19.8 Å². The van der Waals surface area contributed by atoms with E-state index in [-0.39, 0.29) is 41.7 Å². The maximum Gasteiger partial charge on any atom is 0.260 e. The molecule has 52 heavy (non-hydrogen) atoms. The maximum atomic E-state index is 15.4. The van der Waals surface area contributed by atoms with Crippen LogP contribution in [0.3, 0.4) is 0 Å². The van der Waals surface area contributed by atoms with Crippen LogP contribution in [0.25, 0.3) is 0 Å². The van der Waals surface area contributed by atoms with Crippen molar-refractivity contribution in [2.24, 2.45) is 23.7 Å². The maximum absolute atomic E-state index is 15.4. The molecule has 10 nitrogen and oxygen atoms in total. The van der Waals surface area contributed by atoms with Crippen molar-refractivity contribution in [2.75, 3.05) is 24.5 Å². The molecule has 8 rings (SSSR count). The number of carbonyl (C=O) groups excluding carboxylic acids is 4. The fraction of sp³-hybridized carbons (Fsp3) is 0.268. The van der Waals surface area contributed by atoms with Gasteiger partial charge in [0.15, 0.2) is 0 Å². The number of benzene rings is 4. The molecule has 2 heterocycles. The van der Waals surface area contributed by atoms with Gasteiger partial charge in [0.1, 0.15) is 17.2 Å². The van der Waals surface area contributed by atoms with Crippen molar-refractivity contribution in [3.8, 4) is 17.2 Å². The molecule has 4 amide bonds. The SMILES string of the molecule is COc1cc(O)c(C2C3=CCC4C(=O)N(c5ccc(Cl)cc5)C(=O)C4C3CC3C(=O)N(Nc4ccc(C)cc4)C(=O)C32c2ccccc2)c(OC)c1. The number of nitrogens with zero attached hydrogens (tertiary/aromatic N) is 2. The first-order chi connectivity index (χ1) is 25.1. The third-order valence-electron chi connectivity index (χ3n) is 11.3. The molecule has 2 N–H and O–H groups in total. The Labute approximate surface area is 305 Å². The van der Waals surface area contributed by atoms with Gasteiger partial charge < -0.3 is 14.6 Å². The van der Waals surface area contributed by atoms with Gasteiger partial charge in [-0.1, -0.05) is 71.3 Å². The topological polar surface area (TPSA) is 125 Å². The number of phenolic OH excluding ortho intramolecular Hbond substituents is 1. The Morgan fingerprint density at radius 1 is 0.846 bits per heavy atom. The minimum absolute atomic E-state index is 0.113. The molecule has 6 unspecified atom stereocenters. The first-order valence-corrected chi connectivity index (χ1v) is 17.5. The van der Waals surface area contributed by atoms with E-state index in [1.54, 1.807) is 42.5 Å². The van der Waals surface area contributed by atoms with Gasteiger partial charge in [-0.05, 0) is 67.6 Å². The highest BCUT2D eigenvalue weighted by Gasteiger charge is 2.71. The molecule has 2 aliphatic heterocycles. The number of rotatable bonds is 7. The molecule has 4 aromatic rings. The van der Waals surface area contributed by atoms with Crippen LogP contribution in [0.4, 0.5) is 11.4 Å². The van der Waals surface area contributed by atoms with Gasteiger partial charge in [0, 0.05) is 28.6 Å². The largest absolute Gasteiger partial charge is 0.507 e. The highest BCUT2D eigenvalue weighted by atomic mass is 35.5. The zero-order chi connectivity index (χ0) is 36.5. The fourth-order valence-corrected chi connectivity index (χ4v) is 9.20. The zero-order valence-corrected chi connectivity index (χ0v) is 29.5. The number of hydrogen-bond acceptors (Lipinski definition) is 8. The Bertz CT molecular complexity index is 2150. The molecule has 0 aromatic heterocycles. The average Bonchev–Trinajstić information content (AvgIpc) is 3.53. The Balaban J connectivity index is 1.35. The number of carbonyl (C=O) groups is 4. The molecule has 0 spiro atoms. The number of hydrazine groups is 1. The summed E-state index contributed by atoms with van der Waals surface area (Å²) in [6, 6.07) is 26.1. The van der Waals surface area contributed by atoms with Crippen molar-refractivity contribution >= 4 is 46.6 Å². The van der Waals surface area contributed by atoms with E-state index in [1.807, 2.05) is 55.5 Å². The van der Waals surface area contributed by atoms with E-state index in [9.17, 15) is 19.5 Å². The number of anilines is 2. The van der Waals surface area contributed by atoms with Gasteiger partial charge in [-0.3, -0.25) is 29.5 Å². The number of aryl methyl sites for hydroxylation is 1. The summed E-state index contributed by atoms with van der Waals surface area (Å²) in [6.07, 6.45) is 2.27. The third-order valence-corrected chi connectivity index (χ3v) is 11.6. The number of methoxy groups -OCH3 is 2. The molecule has 0 bridgehead atoms. The lowest BCUT2D eigenvalue weighted by molar-refractivity contribution is -0.138. The summed E-state index contributed by atoms with van der Waals surface area (Å²) in [5.41, 5.74) is 5.04. The van der Waals surface area contributed by atoms with Crippen LogP contribution in [0.1, 0.15) is 35.4 Å². The highest BCUT2D eigenvalue weighted by molar-refractivity contribution is 6.31. The number of aromatic hydroxyl groups is 1. The lowest BCUT2D eigenvalue weighted by Crippen LogP contribution is -2.53. The first kappa shape index (κ1) is 33.5. The molecule has 1 saturated carbocycles. The number of phenols is 1. The monoisotopic (exact) mass is 717 g/mol. The Morgan fingerprint density at radius 3 is 2.23 bits per heavy atom. The van der Waals surface area contributed by atoms with Crippen LogP contribution in [-0.4, -0.2) is 48.0 Å². The summed E-state index contributed by atoms with van der Waals surface area (Å²) in [5.74, 6) is -5.38. The summed E-state index contributed by atoms with van der Waals surface area (Å²) in [5, 5.41) is 13.4. The second kappa shape index (κ2) is 12.6. The van der Waals surface area contributed by atoms with Crippen molar-refractivity contribution in [2.45, 2.75) is 31.1 Å². The molecular formula is C41H36ClN3O7. The van der Waals surface area contributed by atoms with E-state index in [0.717, 1.165) is 10.6 Å². The van der Waals surface area contributed by atoms with Crippen molar-refractivity contribution in [1.29, 1.82) is 0 Å². The Morgan fingerprint density at radius 2 is 1.56 bits per heavy atom. The Hall–Kier alpha value is -5.61. The van der Waals surface area contributed by atoms with E-state index in [1.165, 1.54) is 25.2 Å².